The molecule has 4 heterocycles. The number of nitrogen functional groups attached to an aromatic ring is 1. The monoisotopic (exact) mass is 608 g/mol. The molecule has 2 fully saturated rings. The van der Waals surface area contributed by atoms with Crippen LogP contribution in [0.25, 0.3) is 5.52 Å². The predicted octanol–water partition coefficient (Wildman–Crippen LogP) is 0.863. The molecule has 0 saturated carbocycles. The Balaban J connectivity index is 1.50. The van der Waals surface area contributed by atoms with Crippen molar-refractivity contribution in [1.82, 2.24) is 19.7 Å². The van der Waals surface area contributed by atoms with Crippen LogP contribution in [0.3, 0.4) is 0 Å². The van der Waals surface area contributed by atoms with Crippen molar-refractivity contribution >= 4 is 37.4 Å². The van der Waals surface area contributed by atoms with Gasteiger partial charge < -0.3 is 33.9 Å². The van der Waals surface area contributed by atoms with Crippen LogP contribution in [0.5, 0.6) is 0 Å². The van der Waals surface area contributed by atoms with Crippen molar-refractivity contribution in [2.24, 2.45) is 5.92 Å². The second-order valence-corrected chi connectivity index (χ2v) is 11.1. The molecule has 6 atom stereocenters. The van der Waals surface area contributed by atoms with Crippen LogP contribution < -0.4 is 10.8 Å². The second kappa shape index (κ2) is 13.6. The van der Waals surface area contributed by atoms with Gasteiger partial charge in [0.2, 0.25) is 5.60 Å². The van der Waals surface area contributed by atoms with Crippen LogP contribution in [0.15, 0.2) is 18.5 Å². The van der Waals surface area contributed by atoms with E-state index in [0.29, 0.717) is 24.4 Å². The third kappa shape index (κ3) is 7.05. The lowest BCUT2D eigenvalue weighted by atomic mass is 9.95. The Morgan fingerprint density at radius 1 is 1.26 bits per heavy atom. The zero-order valence-corrected chi connectivity index (χ0v) is 24.3. The molecule has 2 aliphatic heterocycles. The highest BCUT2D eigenvalue weighted by Crippen LogP contribution is 2.45. The molecule has 1 unspecified atom stereocenters. The van der Waals surface area contributed by atoms with E-state index in [0.717, 1.165) is 26.7 Å². The Morgan fingerprint density at radius 3 is 2.64 bits per heavy atom. The van der Waals surface area contributed by atoms with Crippen molar-refractivity contribution in [2.75, 3.05) is 32.2 Å². The zero-order valence-electron chi connectivity index (χ0n) is 23.3. The first-order chi connectivity index (χ1) is 20.0. The molecular formula is C25H33N6O10P. The van der Waals surface area contributed by atoms with Crippen molar-refractivity contribution in [1.29, 1.82) is 5.26 Å². The summed E-state index contributed by atoms with van der Waals surface area (Å²) in [5.41, 5.74) is 4.59. The van der Waals surface area contributed by atoms with Gasteiger partial charge >= 0.3 is 17.9 Å². The van der Waals surface area contributed by atoms with Crippen molar-refractivity contribution in [2.45, 2.75) is 63.6 Å². The lowest BCUT2D eigenvalue weighted by Gasteiger charge is -2.28. The molecule has 228 valence electrons. The normalized spacial score (nSPS) is 25.8. The molecule has 0 aliphatic carbocycles. The van der Waals surface area contributed by atoms with Crippen molar-refractivity contribution in [3.05, 3.63) is 24.2 Å². The molecule has 4 rings (SSSR count). The van der Waals surface area contributed by atoms with Crippen LogP contribution in [0, 0.1) is 17.2 Å². The molecule has 0 aromatic carbocycles. The van der Waals surface area contributed by atoms with Gasteiger partial charge in [-0.3, -0.25) is 18.9 Å². The number of nitriles is 1. The number of carbonyl (C=O) groups excluding carboxylic acids is 3. The molecule has 42 heavy (non-hydrogen) atoms. The van der Waals surface area contributed by atoms with Gasteiger partial charge in [0, 0.05) is 27.1 Å². The van der Waals surface area contributed by atoms with E-state index in [1.54, 1.807) is 12.1 Å². The van der Waals surface area contributed by atoms with Crippen LogP contribution in [-0.4, -0.2) is 82.8 Å². The fraction of sp³-hybridized carbons (Fsp3) is 0.600. The summed E-state index contributed by atoms with van der Waals surface area (Å²) in [5, 5.41) is 17.0. The number of anilines is 1. The highest BCUT2D eigenvalue weighted by molar-refractivity contribution is 7.36. The maximum Gasteiger partial charge on any atom is 0.323 e. The van der Waals surface area contributed by atoms with E-state index in [-0.39, 0.29) is 18.3 Å². The third-order valence-electron chi connectivity index (χ3n) is 6.89. The molecular weight excluding hydrogens is 575 g/mol. The minimum absolute atomic E-state index is 0.162. The lowest BCUT2D eigenvalue weighted by molar-refractivity contribution is -0.166. The van der Waals surface area contributed by atoms with Crippen LogP contribution in [0.4, 0.5) is 5.82 Å². The van der Waals surface area contributed by atoms with Gasteiger partial charge in [-0.1, -0.05) is 0 Å². The number of hydrogen-bond acceptors (Lipinski definition) is 14. The van der Waals surface area contributed by atoms with E-state index in [1.807, 2.05) is 6.07 Å². The number of nitrogens with zero attached hydrogens (tertiary/aromatic N) is 4. The molecule has 0 spiro atoms. The highest BCUT2D eigenvalue weighted by Gasteiger charge is 2.61. The SMILES string of the molecule is CC(=O)O[C@H]1[C@H](c2ccc3c(N)ncnn23)O[C@](C#N)(CO[PH](=O)N[C@@H](C)C(=O)OCC2CCOCC2)[C@H]1OC(C)=O. The summed E-state index contributed by atoms with van der Waals surface area (Å²) in [6, 6.07) is 4.14. The van der Waals surface area contributed by atoms with Crippen LogP contribution in [0.2, 0.25) is 0 Å². The molecule has 2 aromatic rings. The smallest absolute Gasteiger partial charge is 0.323 e. The maximum atomic E-state index is 12.8. The van der Waals surface area contributed by atoms with Crippen molar-refractivity contribution in [3.63, 3.8) is 0 Å². The first-order valence-corrected chi connectivity index (χ1v) is 14.6. The molecule has 0 radical (unpaired) electrons. The number of aromatic nitrogens is 3. The summed E-state index contributed by atoms with van der Waals surface area (Å²) < 4.78 is 47.3. The first kappa shape index (κ1) is 31.3. The maximum absolute atomic E-state index is 12.8. The van der Waals surface area contributed by atoms with E-state index in [9.17, 15) is 24.2 Å². The van der Waals surface area contributed by atoms with Gasteiger partial charge in [-0.2, -0.15) is 10.4 Å². The van der Waals surface area contributed by atoms with E-state index < -0.39 is 62.6 Å². The van der Waals surface area contributed by atoms with Gasteiger partial charge in [-0.05, 0) is 37.8 Å². The molecule has 0 amide bonds. The minimum Gasteiger partial charge on any atom is -0.464 e. The average molecular weight is 609 g/mol. The number of hydrogen-bond donors (Lipinski definition) is 2. The molecule has 2 aliphatic rings. The topological polar surface area (TPSA) is 216 Å². The molecule has 2 aromatic heterocycles. The molecule has 2 saturated heterocycles. The van der Waals surface area contributed by atoms with Gasteiger partial charge in [0.05, 0.1) is 12.3 Å². The molecule has 0 bridgehead atoms. The fourth-order valence-corrected chi connectivity index (χ4v) is 5.69. The number of fused-ring (bicyclic) bond motifs is 1. The highest BCUT2D eigenvalue weighted by atomic mass is 31.1. The second-order valence-electron chi connectivity index (χ2n) is 9.97. The number of nitrogens with one attached hydrogen (secondary N) is 1. The molecule has 16 nitrogen and oxygen atoms in total. The van der Waals surface area contributed by atoms with Gasteiger partial charge in [0.25, 0.3) is 8.18 Å². The Labute approximate surface area is 241 Å². The van der Waals surface area contributed by atoms with Gasteiger partial charge in [0.15, 0.2) is 18.0 Å². The summed E-state index contributed by atoms with van der Waals surface area (Å²) in [6.07, 6.45) is -1.23. The standard InChI is InChI=1S/C25H33N6O10P/c1-14(24(34)37-10-17-6-8-36-9-7-17)30-42(35)38-12-25(11-26)22(40-16(3)33)21(39-15(2)32)20(41-25)18-4-5-19-23(27)28-13-29-31(18)19/h4-5,13-14,17,20-22,42H,6-10,12H2,1-3H3,(H,30,35)(H2,27,28,29)/t14-,20-,21-,22-,25+/m0/s1. The quantitative estimate of drug-likeness (QED) is 0.205. The van der Waals surface area contributed by atoms with Crippen LogP contribution >= 0.6 is 8.18 Å². The predicted molar refractivity (Wildman–Crippen MR) is 143 cm³/mol. The Hall–Kier alpha value is -3.61. The van der Waals surface area contributed by atoms with Crippen LogP contribution in [0.1, 0.15) is 45.4 Å². The number of esters is 3. The van der Waals surface area contributed by atoms with Gasteiger partial charge in [-0.15, -0.1) is 0 Å². The Bertz CT molecular complexity index is 1380. The molecule has 17 heteroatoms. The van der Waals surface area contributed by atoms with Gasteiger partial charge in [-0.25, -0.2) is 14.6 Å². The number of rotatable bonds is 11. The van der Waals surface area contributed by atoms with E-state index in [2.05, 4.69) is 15.2 Å². The Kier molecular flexibility index (Phi) is 10.1. The minimum atomic E-state index is -3.15. The summed E-state index contributed by atoms with van der Waals surface area (Å²) in [7, 11) is -3.15. The summed E-state index contributed by atoms with van der Waals surface area (Å²) in [6.45, 7) is 4.48. The van der Waals surface area contributed by atoms with E-state index >= 15 is 0 Å². The van der Waals surface area contributed by atoms with E-state index in [1.165, 1.54) is 17.8 Å². The summed E-state index contributed by atoms with van der Waals surface area (Å²) in [4.78, 5) is 40.5. The largest absolute Gasteiger partial charge is 0.464 e. The first-order valence-electron chi connectivity index (χ1n) is 13.2. The fourth-order valence-electron chi connectivity index (χ4n) is 4.78. The van der Waals surface area contributed by atoms with E-state index in [4.69, 9.17) is 33.9 Å². The summed E-state index contributed by atoms with van der Waals surface area (Å²) in [5.74, 6) is -1.80. The van der Waals surface area contributed by atoms with Crippen molar-refractivity contribution in [3.8, 4) is 6.07 Å². The Morgan fingerprint density at radius 2 is 1.98 bits per heavy atom. The number of nitrogens with two attached hydrogens (primary N) is 1. The van der Waals surface area contributed by atoms with Gasteiger partial charge in [0.1, 0.15) is 36.7 Å². The van der Waals surface area contributed by atoms with Crippen LogP contribution in [-0.2, 0) is 47.2 Å². The zero-order chi connectivity index (χ0) is 30.4. The third-order valence-corrected chi connectivity index (χ3v) is 7.96. The number of carbonyl (C=O) groups is 3. The summed E-state index contributed by atoms with van der Waals surface area (Å²) >= 11 is 0. The number of ether oxygens (including phenoxy) is 5. The molecule has 3 N–H and O–H groups in total. The van der Waals surface area contributed by atoms with Crippen molar-refractivity contribution < 1.29 is 47.2 Å². The average Bonchev–Trinajstić information content (AvgIpc) is 3.51. The lowest BCUT2D eigenvalue weighted by Crippen LogP contribution is -2.49.